The maximum atomic E-state index is 12.1. The van der Waals surface area contributed by atoms with Gasteiger partial charge >= 0.3 is 0 Å². The van der Waals surface area contributed by atoms with Crippen LogP contribution in [0.2, 0.25) is 0 Å². The Morgan fingerprint density at radius 1 is 1.56 bits per heavy atom. The Bertz CT molecular complexity index is 466. The van der Waals surface area contributed by atoms with E-state index in [1.54, 1.807) is 11.8 Å². The van der Waals surface area contributed by atoms with Crippen LogP contribution < -0.4 is 5.32 Å². The van der Waals surface area contributed by atoms with E-state index in [0.29, 0.717) is 18.0 Å². The molecule has 1 atom stereocenters. The second-order valence-corrected chi connectivity index (χ2v) is 6.20. The molecule has 1 aromatic heterocycles. The van der Waals surface area contributed by atoms with Gasteiger partial charge in [-0.3, -0.25) is 9.89 Å². The Morgan fingerprint density at radius 2 is 2.44 bits per heavy atom. The number of nitrogens with zero attached hydrogens (tertiary/aromatic N) is 1. The Balaban J connectivity index is 1.64. The van der Waals surface area contributed by atoms with E-state index in [0.717, 1.165) is 42.7 Å². The molecule has 0 saturated carbocycles. The summed E-state index contributed by atoms with van der Waals surface area (Å²) >= 11 is 1.73. The molecule has 0 spiro atoms. The molecule has 18 heavy (non-hydrogen) atoms. The van der Waals surface area contributed by atoms with Gasteiger partial charge in [0.2, 0.25) is 0 Å². The Kier molecular flexibility index (Phi) is 3.07. The van der Waals surface area contributed by atoms with Crippen LogP contribution >= 0.6 is 11.8 Å². The number of aromatic nitrogens is 2. The lowest BCUT2D eigenvalue weighted by atomic mass is 10.0. The third-order valence-electron chi connectivity index (χ3n) is 3.68. The first-order valence-electron chi connectivity index (χ1n) is 6.32. The predicted octanol–water partition coefficient (Wildman–Crippen LogP) is 0.496. The fraction of sp³-hybridized carbons (Fsp3) is 0.667. The van der Waals surface area contributed by atoms with Gasteiger partial charge in [0.05, 0.1) is 5.60 Å². The van der Waals surface area contributed by atoms with Crippen molar-refractivity contribution < 1.29 is 9.90 Å². The summed E-state index contributed by atoms with van der Waals surface area (Å²) < 4.78 is 0. The molecule has 0 radical (unpaired) electrons. The van der Waals surface area contributed by atoms with Crippen LogP contribution in [0.4, 0.5) is 0 Å². The zero-order chi connectivity index (χ0) is 12.6. The fourth-order valence-corrected chi connectivity index (χ4v) is 3.87. The van der Waals surface area contributed by atoms with Crippen molar-refractivity contribution in [2.24, 2.45) is 0 Å². The number of carbonyl (C=O) groups excluding carboxylic acids is 1. The third kappa shape index (κ3) is 2.14. The van der Waals surface area contributed by atoms with E-state index in [-0.39, 0.29) is 5.91 Å². The van der Waals surface area contributed by atoms with Crippen molar-refractivity contribution in [3.05, 3.63) is 17.0 Å². The van der Waals surface area contributed by atoms with Gasteiger partial charge in [0.1, 0.15) is 0 Å². The molecule has 1 unspecified atom stereocenters. The number of hydrogen-bond acceptors (Lipinski definition) is 4. The molecule has 1 amide bonds. The maximum absolute atomic E-state index is 12.1. The van der Waals surface area contributed by atoms with E-state index in [1.165, 1.54) is 0 Å². The third-order valence-corrected chi connectivity index (χ3v) is 4.92. The van der Waals surface area contributed by atoms with Gasteiger partial charge in [-0.25, -0.2) is 0 Å². The molecule has 98 valence electrons. The van der Waals surface area contributed by atoms with Gasteiger partial charge in [0, 0.05) is 23.6 Å². The highest BCUT2D eigenvalue weighted by Crippen LogP contribution is 2.27. The first-order chi connectivity index (χ1) is 8.68. The van der Waals surface area contributed by atoms with Crippen LogP contribution in [-0.4, -0.2) is 44.9 Å². The quantitative estimate of drug-likeness (QED) is 0.745. The molecule has 2 heterocycles. The number of fused-ring (bicyclic) bond motifs is 1. The van der Waals surface area contributed by atoms with Gasteiger partial charge in [-0.2, -0.15) is 16.9 Å². The number of H-pyrrole nitrogens is 1. The number of aryl methyl sites for hydroxylation is 1. The van der Waals surface area contributed by atoms with Gasteiger partial charge in [0.25, 0.3) is 5.91 Å². The first-order valence-corrected chi connectivity index (χ1v) is 7.48. The van der Waals surface area contributed by atoms with E-state index >= 15 is 0 Å². The Morgan fingerprint density at radius 3 is 3.22 bits per heavy atom. The molecule has 1 fully saturated rings. The molecular weight excluding hydrogens is 250 g/mol. The van der Waals surface area contributed by atoms with E-state index < -0.39 is 5.60 Å². The standard InChI is InChI=1S/C12H17N3O2S/c16-11(13-6-12(17)4-5-18-7-12)10-8-2-1-3-9(8)14-15-10/h17H,1-7H2,(H,13,16)(H,14,15). The van der Waals surface area contributed by atoms with Crippen molar-refractivity contribution in [2.45, 2.75) is 31.3 Å². The smallest absolute Gasteiger partial charge is 0.272 e. The highest BCUT2D eigenvalue weighted by Gasteiger charge is 2.33. The van der Waals surface area contributed by atoms with Gasteiger partial charge < -0.3 is 10.4 Å². The molecule has 5 nitrogen and oxygen atoms in total. The van der Waals surface area contributed by atoms with E-state index in [2.05, 4.69) is 15.5 Å². The van der Waals surface area contributed by atoms with Gasteiger partial charge in [-0.05, 0) is 31.4 Å². The first kappa shape index (κ1) is 12.0. The fourth-order valence-electron chi connectivity index (χ4n) is 2.57. The van der Waals surface area contributed by atoms with Crippen molar-refractivity contribution in [3.8, 4) is 0 Å². The van der Waals surface area contributed by atoms with Crippen LogP contribution in [-0.2, 0) is 12.8 Å². The highest BCUT2D eigenvalue weighted by molar-refractivity contribution is 7.99. The zero-order valence-electron chi connectivity index (χ0n) is 10.2. The summed E-state index contributed by atoms with van der Waals surface area (Å²) in [6.45, 7) is 0.320. The zero-order valence-corrected chi connectivity index (χ0v) is 11.0. The topological polar surface area (TPSA) is 78.0 Å². The van der Waals surface area contributed by atoms with Crippen molar-refractivity contribution >= 4 is 17.7 Å². The molecule has 3 rings (SSSR count). The second-order valence-electron chi connectivity index (χ2n) is 5.09. The maximum Gasteiger partial charge on any atom is 0.272 e. The van der Waals surface area contributed by atoms with Crippen LogP contribution in [0.25, 0.3) is 0 Å². The number of aliphatic hydroxyl groups is 1. The largest absolute Gasteiger partial charge is 0.387 e. The van der Waals surface area contributed by atoms with Crippen LogP contribution in [0.3, 0.4) is 0 Å². The summed E-state index contributed by atoms with van der Waals surface area (Å²) in [5, 5.41) is 20.0. The lowest BCUT2D eigenvalue weighted by molar-refractivity contribution is 0.0610. The number of nitrogens with one attached hydrogen (secondary N) is 2. The van der Waals surface area contributed by atoms with Crippen molar-refractivity contribution in [2.75, 3.05) is 18.1 Å². The summed E-state index contributed by atoms with van der Waals surface area (Å²) in [6, 6.07) is 0. The molecule has 3 N–H and O–H groups in total. The second kappa shape index (κ2) is 4.59. The van der Waals surface area contributed by atoms with Crippen LogP contribution in [0, 0.1) is 0 Å². The number of thioether (sulfide) groups is 1. The summed E-state index contributed by atoms with van der Waals surface area (Å²) in [5.74, 6) is 1.50. The SMILES string of the molecule is O=C(NCC1(O)CCSC1)c1n[nH]c2c1CCC2. The summed E-state index contributed by atoms with van der Waals surface area (Å²) in [4.78, 5) is 12.1. The Labute approximate surface area is 110 Å². The molecule has 2 aliphatic rings. The number of amides is 1. The average molecular weight is 267 g/mol. The molecule has 6 heteroatoms. The van der Waals surface area contributed by atoms with Crippen molar-refractivity contribution in [3.63, 3.8) is 0 Å². The van der Waals surface area contributed by atoms with Gasteiger partial charge in [-0.15, -0.1) is 0 Å². The summed E-state index contributed by atoms with van der Waals surface area (Å²) in [6.07, 6.45) is 3.74. The Hall–Kier alpha value is -1.01. The minimum absolute atomic E-state index is 0.167. The molecule has 1 saturated heterocycles. The molecule has 1 aliphatic carbocycles. The lowest BCUT2D eigenvalue weighted by Crippen LogP contribution is -2.43. The minimum atomic E-state index is -0.736. The summed E-state index contributed by atoms with van der Waals surface area (Å²) in [7, 11) is 0. The molecular formula is C12H17N3O2S. The van der Waals surface area contributed by atoms with E-state index in [1.807, 2.05) is 0 Å². The normalized spacial score (nSPS) is 26.3. The van der Waals surface area contributed by atoms with E-state index in [9.17, 15) is 9.90 Å². The lowest BCUT2D eigenvalue weighted by Gasteiger charge is -2.21. The summed E-state index contributed by atoms with van der Waals surface area (Å²) in [5.41, 5.74) is 1.92. The van der Waals surface area contributed by atoms with Crippen molar-refractivity contribution in [1.29, 1.82) is 0 Å². The monoisotopic (exact) mass is 267 g/mol. The number of hydrogen-bond donors (Lipinski definition) is 3. The van der Waals surface area contributed by atoms with Crippen molar-refractivity contribution in [1.82, 2.24) is 15.5 Å². The van der Waals surface area contributed by atoms with Crippen LogP contribution in [0.1, 0.15) is 34.6 Å². The minimum Gasteiger partial charge on any atom is -0.387 e. The molecule has 1 aromatic rings. The number of carbonyl (C=O) groups is 1. The van der Waals surface area contributed by atoms with Gasteiger partial charge in [0.15, 0.2) is 5.69 Å². The number of rotatable bonds is 3. The number of aromatic amines is 1. The van der Waals surface area contributed by atoms with Crippen LogP contribution in [0.5, 0.6) is 0 Å². The average Bonchev–Trinajstić information content (AvgIpc) is 3.01. The van der Waals surface area contributed by atoms with Crippen LogP contribution in [0.15, 0.2) is 0 Å². The molecule has 1 aliphatic heterocycles. The van der Waals surface area contributed by atoms with E-state index in [4.69, 9.17) is 0 Å². The highest BCUT2D eigenvalue weighted by atomic mass is 32.2. The molecule has 0 bridgehead atoms. The van der Waals surface area contributed by atoms with Gasteiger partial charge in [-0.1, -0.05) is 0 Å². The molecule has 0 aromatic carbocycles. The predicted molar refractivity (Wildman–Crippen MR) is 69.8 cm³/mol.